The van der Waals surface area contributed by atoms with E-state index in [0.717, 1.165) is 0 Å². The summed E-state index contributed by atoms with van der Waals surface area (Å²) in [5.41, 5.74) is 0.183. The first-order valence-corrected chi connectivity index (χ1v) is 4.89. The molecule has 0 aliphatic carbocycles. The number of carbonyl (C=O) groups excluding carboxylic acids is 1. The molecule has 0 fully saturated rings. The highest BCUT2D eigenvalue weighted by atomic mass is 35.5. The molecule has 0 amide bonds. The molecular formula is C10H8ClN3O2. The van der Waals surface area contributed by atoms with Gasteiger partial charge < -0.3 is 5.11 Å². The average molecular weight is 238 g/mol. The van der Waals surface area contributed by atoms with Gasteiger partial charge in [0.25, 0.3) is 0 Å². The number of phenols is 1. The molecule has 82 valence electrons. The molecule has 2 aromatic rings. The highest BCUT2D eigenvalue weighted by Crippen LogP contribution is 2.22. The summed E-state index contributed by atoms with van der Waals surface area (Å²) in [4.78, 5) is 15.5. The van der Waals surface area contributed by atoms with E-state index in [-0.39, 0.29) is 23.6 Å². The Bertz CT molecular complexity index is 511. The van der Waals surface area contributed by atoms with Crippen molar-refractivity contribution in [3.8, 4) is 5.75 Å². The number of nitrogens with zero attached hydrogens (tertiary/aromatic N) is 3. The molecule has 0 saturated heterocycles. The van der Waals surface area contributed by atoms with Crippen LogP contribution in [-0.2, 0) is 6.54 Å². The zero-order valence-electron chi connectivity index (χ0n) is 8.17. The van der Waals surface area contributed by atoms with E-state index >= 15 is 0 Å². The molecule has 0 radical (unpaired) electrons. The number of hydrogen-bond acceptors (Lipinski definition) is 4. The van der Waals surface area contributed by atoms with Gasteiger partial charge in [0.15, 0.2) is 5.78 Å². The van der Waals surface area contributed by atoms with Crippen molar-refractivity contribution < 1.29 is 9.90 Å². The summed E-state index contributed by atoms with van der Waals surface area (Å²) in [7, 11) is 0. The van der Waals surface area contributed by atoms with Crippen LogP contribution in [0.25, 0.3) is 0 Å². The van der Waals surface area contributed by atoms with Gasteiger partial charge in [-0.15, -0.1) is 0 Å². The number of halogens is 1. The Morgan fingerprint density at radius 1 is 1.50 bits per heavy atom. The molecule has 1 aromatic carbocycles. The standard InChI is InChI=1S/C10H8ClN3O2/c11-7-1-2-9(15)8(3-7)10(16)4-14-6-12-5-13-14/h1-3,5-6,15H,4H2. The van der Waals surface area contributed by atoms with Gasteiger partial charge in [0.05, 0.1) is 5.56 Å². The second-order valence-electron chi connectivity index (χ2n) is 3.18. The Balaban J connectivity index is 2.24. The van der Waals surface area contributed by atoms with Crippen LogP contribution < -0.4 is 0 Å². The SMILES string of the molecule is O=C(Cn1cncn1)c1cc(Cl)ccc1O. The maximum atomic E-state index is 11.8. The fraction of sp³-hybridized carbons (Fsp3) is 0.100. The van der Waals surface area contributed by atoms with Crippen LogP contribution in [-0.4, -0.2) is 25.7 Å². The van der Waals surface area contributed by atoms with Crippen molar-refractivity contribution in [1.29, 1.82) is 0 Å². The molecule has 1 aromatic heterocycles. The highest BCUT2D eigenvalue weighted by molar-refractivity contribution is 6.31. The first-order chi connectivity index (χ1) is 7.66. The topological polar surface area (TPSA) is 68.0 Å². The fourth-order valence-electron chi connectivity index (χ4n) is 1.28. The number of aromatic hydroxyl groups is 1. The predicted molar refractivity (Wildman–Crippen MR) is 57.5 cm³/mol. The lowest BCUT2D eigenvalue weighted by molar-refractivity contribution is 0.0965. The van der Waals surface area contributed by atoms with Gasteiger partial charge in [0.2, 0.25) is 0 Å². The lowest BCUT2D eigenvalue weighted by Gasteiger charge is -2.04. The summed E-state index contributed by atoms with van der Waals surface area (Å²) >= 11 is 5.74. The number of benzene rings is 1. The van der Waals surface area contributed by atoms with Crippen LogP contribution in [0.1, 0.15) is 10.4 Å². The van der Waals surface area contributed by atoms with Crippen molar-refractivity contribution >= 4 is 17.4 Å². The van der Waals surface area contributed by atoms with Gasteiger partial charge in [-0.25, -0.2) is 9.67 Å². The lowest BCUT2D eigenvalue weighted by atomic mass is 10.1. The van der Waals surface area contributed by atoms with Gasteiger partial charge in [0.1, 0.15) is 24.9 Å². The minimum atomic E-state index is -0.273. The van der Waals surface area contributed by atoms with Crippen molar-refractivity contribution in [2.75, 3.05) is 0 Å². The number of carbonyl (C=O) groups is 1. The van der Waals surface area contributed by atoms with Crippen LogP contribution in [0.3, 0.4) is 0 Å². The van der Waals surface area contributed by atoms with Crippen LogP contribution in [0.5, 0.6) is 5.75 Å². The zero-order valence-corrected chi connectivity index (χ0v) is 8.92. The quantitative estimate of drug-likeness (QED) is 0.822. The molecule has 0 aliphatic rings. The molecule has 1 N–H and O–H groups in total. The first-order valence-electron chi connectivity index (χ1n) is 4.51. The molecule has 0 saturated carbocycles. The van der Waals surface area contributed by atoms with E-state index in [4.69, 9.17) is 11.6 Å². The second kappa shape index (κ2) is 4.32. The number of aromatic nitrogens is 3. The molecule has 0 aliphatic heterocycles. The first kappa shape index (κ1) is 10.6. The normalized spacial score (nSPS) is 10.3. The minimum Gasteiger partial charge on any atom is -0.507 e. The van der Waals surface area contributed by atoms with Crippen molar-refractivity contribution in [3.63, 3.8) is 0 Å². The third-order valence-electron chi connectivity index (χ3n) is 2.03. The summed E-state index contributed by atoms with van der Waals surface area (Å²) in [5.74, 6) is -0.361. The smallest absolute Gasteiger partial charge is 0.188 e. The van der Waals surface area contributed by atoms with E-state index in [1.807, 2.05) is 0 Å². The predicted octanol–water partition coefficient (Wildman–Crippen LogP) is 1.52. The van der Waals surface area contributed by atoms with Crippen molar-refractivity contribution in [3.05, 3.63) is 41.4 Å². The summed E-state index contributed by atoms with van der Waals surface area (Å²) in [6.45, 7) is 0.0217. The van der Waals surface area contributed by atoms with E-state index in [0.29, 0.717) is 5.02 Å². The molecule has 0 atom stereocenters. The maximum absolute atomic E-state index is 11.8. The monoisotopic (exact) mass is 237 g/mol. The van der Waals surface area contributed by atoms with Gasteiger partial charge in [-0.1, -0.05) is 11.6 Å². The van der Waals surface area contributed by atoms with Crippen molar-refractivity contribution in [2.24, 2.45) is 0 Å². The molecule has 5 nitrogen and oxygen atoms in total. The Kier molecular flexibility index (Phi) is 2.87. The molecule has 6 heteroatoms. The lowest BCUT2D eigenvalue weighted by Crippen LogP contribution is -2.11. The number of hydrogen-bond donors (Lipinski definition) is 1. The van der Waals surface area contributed by atoms with Crippen LogP contribution in [0, 0.1) is 0 Å². The average Bonchev–Trinajstić information content (AvgIpc) is 2.74. The van der Waals surface area contributed by atoms with E-state index in [9.17, 15) is 9.90 Å². The van der Waals surface area contributed by atoms with Crippen LogP contribution in [0.2, 0.25) is 5.02 Å². The number of phenolic OH excluding ortho intramolecular Hbond substituents is 1. The molecule has 0 bridgehead atoms. The Morgan fingerprint density at radius 2 is 2.31 bits per heavy atom. The second-order valence-corrected chi connectivity index (χ2v) is 3.61. The van der Waals surface area contributed by atoms with Crippen molar-refractivity contribution in [1.82, 2.24) is 14.8 Å². The number of ketones is 1. The molecule has 1 heterocycles. The van der Waals surface area contributed by atoms with Gasteiger partial charge in [-0.3, -0.25) is 4.79 Å². The Morgan fingerprint density at radius 3 is 3.00 bits per heavy atom. The third kappa shape index (κ3) is 2.20. The van der Waals surface area contributed by atoms with Gasteiger partial charge in [0, 0.05) is 5.02 Å². The third-order valence-corrected chi connectivity index (χ3v) is 2.27. The van der Waals surface area contributed by atoms with E-state index in [2.05, 4.69) is 10.1 Å². The number of rotatable bonds is 3. The largest absolute Gasteiger partial charge is 0.507 e. The molecular weight excluding hydrogens is 230 g/mol. The van der Waals surface area contributed by atoms with Crippen LogP contribution >= 0.6 is 11.6 Å². The molecule has 16 heavy (non-hydrogen) atoms. The Labute approximate surface area is 96.3 Å². The maximum Gasteiger partial charge on any atom is 0.188 e. The summed E-state index contributed by atoms with van der Waals surface area (Å²) in [5, 5.41) is 13.7. The number of Topliss-reactive ketones (excluding diaryl/α,β-unsaturated/α-hetero) is 1. The van der Waals surface area contributed by atoms with E-state index in [1.54, 1.807) is 0 Å². The minimum absolute atomic E-state index is 0.0217. The van der Waals surface area contributed by atoms with Crippen LogP contribution in [0.15, 0.2) is 30.9 Å². The fourth-order valence-corrected chi connectivity index (χ4v) is 1.45. The molecule has 2 rings (SSSR count). The summed E-state index contributed by atoms with van der Waals surface area (Å²) in [6, 6.07) is 4.33. The molecule has 0 spiro atoms. The van der Waals surface area contributed by atoms with Gasteiger partial charge in [-0.2, -0.15) is 5.10 Å². The summed E-state index contributed by atoms with van der Waals surface area (Å²) in [6.07, 6.45) is 2.77. The van der Waals surface area contributed by atoms with Crippen LogP contribution in [0.4, 0.5) is 0 Å². The Hall–Kier alpha value is -1.88. The zero-order chi connectivity index (χ0) is 11.5. The highest BCUT2D eigenvalue weighted by Gasteiger charge is 2.12. The van der Waals surface area contributed by atoms with Gasteiger partial charge >= 0.3 is 0 Å². The van der Waals surface area contributed by atoms with E-state index in [1.165, 1.54) is 35.5 Å². The molecule has 0 unspecified atom stereocenters. The van der Waals surface area contributed by atoms with Gasteiger partial charge in [-0.05, 0) is 18.2 Å². The van der Waals surface area contributed by atoms with E-state index < -0.39 is 0 Å². The summed E-state index contributed by atoms with van der Waals surface area (Å²) < 4.78 is 1.38. The van der Waals surface area contributed by atoms with Crippen molar-refractivity contribution in [2.45, 2.75) is 6.54 Å².